The first-order valence-electron chi connectivity index (χ1n) is 12.7. The zero-order valence-corrected chi connectivity index (χ0v) is 20.4. The van der Waals surface area contributed by atoms with Gasteiger partial charge in [-0.05, 0) is 95.5 Å². The Labute approximate surface area is 198 Å². The lowest BCUT2D eigenvalue weighted by Crippen LogP contribution is -2.41. The van der Waals surface area contributed by atoms with Crippen molar-refractivity contribution in [3.63, 3.8) is 0 Å². The van der Waals surface area contributed by atoms with Gasteiger partial charge in [0.2, 0.25) is 0 Å². The first-order chi connectivity index (χ1) is 15.9. The Morgan fingerprint density at radius 3 is 2.27 bits per heavy atom. The Morgan fingerprint density at radius 2 is 1.67 bits per heavy atom. The highest BCUT2D eigenvalue weighted by Gasteiger charge is 2.25. The number of likely N-dealkylation sites (tertiary alicyclic amines) is 2. The Balaban J connectivity index is 1.26. The van der Waals surface area contributed by atoms with E-state index >= 15 is 0 Å². The molecule has 3 heterocycles. The minimum atomic E-state index is -1.11. The van der Waals surface area contributed by atoms with Gasteiger partial charge in [-0.3, -0.25) is 0 Å². The van der Waals surface area contributed by atoms with Gasteiger partial charge >= 0.3 is 0 Å². The molecular formula is C28H39FN4. The van der Waals surface area contributed by atoms with Crippen molar-refractivity contribution in [2.24, 2.45) is 5.92 Å². The van der Waals surface area contributed by atoms with Crippen molar-refractivity contribution in [2.45, 2.75) is 64.5 Å². The lowest BCUT2D eigenvalue weighted by Gasteiger charge is -2.34. The van der Waals surface area contributed by atoms with Crippen molar-refractivity contribution in [1.29, 1.82) is 0 Å². The highest BCUT2D eigenvalue weighted by Crippen LogP contribution is 2.26. The quantitative estimate of drug-likeness (QED) is 0.494. The van der Waals surface area contributed by atoms with Gasteiger partial charge in [0.05, 0.1) is 11.4 Å². The minimum Gasteiger partial charge on any atom is -0.372 e. The van der Waals surface area contributed by atoms with Crippen molar-refractivity contribution < 1.29 is 4.39 Å². The molecule has 4 rings (SSSR count). The maximum atomic E-state index is 13.9. The largest absolute Gasteiger partial charge is 0.372 e. The Hall–Kier alpha value is -2.27. The van der Waals surface area contributed by atoms with Crippen LogP contribution in [0.4, 0.5) is 4.39 Å². The van der Waals surface area contributed by atoms with Gasteiger partial charge in [0.15, 0.2) is 0 Å². The fourth-order valence-electron chi connectivity index (χ4n) is 5.14. The summed E-state index contributed by atoms with van der Waals surface area (Å²) in [7, 11) is 0. The SMILES string of the molecule is C=C(c1ccc(-c2ccc(CCC3CCN(CC(C)(C)F)CC3)nn2)cc1)N1CCCCC1. The number of hydrogen-bond acceptors (Lipinski definition) is 4. The molecule has 2 fully saturated rings. The van der Waals surface area contributed by atoms with Gasteiger partial charge < -0.3 is 9.80 Å². The van der Waals surface area contributed by atoms with Gasteiger partial charge in [-0.25, -0.2) is 4.39 Å². The number of alkyl halides is 1. The third kappa shape index (κ3) is 6.86. The number of hydrogen-bond donors (Lipinski definition) is 0. The highest BCUT2D eigenvalue weighted by molar-refractivity contribution is 5.67. The molecule has 0 bridgehead atoms. The number of benzene rings is 1. The molecule has 0 saturated carbocycles. The second-order valence-corrected chi connectivity index (χ2v) is 10.5. The molecule has 1 aromatic carbocycles. The monoisotopic (exact) mass is 450 g/mol. The second kappa shape index (κ2) is 10.8. The molecule has 2 saturated heterocycles. The lowest BCUT2D eigenvalue weighted by atomic mass is 9.91. The van der Waals surface area contributed by atoms with E-state index in [0.717, 1.165) is 74.5 Å². The number of rotatable bonds is 8. The zero-order valence-electron chi connectivity index (χ0n) is 20.4. The van der Waals surface area contributed by atoms with Crippen LogP contribution < -0.4 is 0 Å². The van der Waals surface area contributed by atoms with E-state index < -0.39 is 5.67 Å². The van der Waals surface area contributed by atoms with E-state index in [-0.39, 0.29) is 0 Å². The average molecular weight is 451 g/mol. The Bertz CT molecular complexity index is 887. The topological polar surface area (TPSA) is 32.3 Å². The van der Waals surface area contributed by atoms with Gasteiger partial charge in [-0.15, -0.1) is 0 Å². The Kier molecular flexibility index (Phi) is 7.79. The fraction of sp³-hybridized carbons (Fsp3) is 0.571. The minimum absolute atomic E-state index is 0.542. The third-order valence-corrected chi connectivity index (χ3v) is 7.09. The molecule has 0 spiro atoms. The lowest BCUT2D eigenvalue weighted by molar-refractivity contribution is 0.0942. The number of aryl methyl sites for hydroxylation is 1. The molecule has 5 heteroatoms. The van der Waals surface area contributed by atoms with Gasteiger partial charge in [-0.1, -0.05) is 30.8 Å². The Morgan fingerprint density at radius 1 is 0.970 bits per heavy atom. The molecular weight excluding hydrogens is 411 g/mol. The van der Waals surface area contributed by atoms with E-state index in [0.29, 0.717) is 12.5 Å². The average Bonchev–Trinajstić information content (AvgIpc) is 2.83. The van der Waals surface area contributed by atoms with Crippen molar-refractivity contribution in [3.05, 3.63) is 54.2 Å². The van der Waals surface area contributed by atoms with Crippen LogP contribution >= 0.6 is 0 Å². The molecule has 2 aliphatic rings. The highest BCUT2D eigenvalue weighted by atomic mass is 19.1. The van der Waals surface area contributed by atoms with E-state index in [4.69, 9.17) is 0 Å². The van der Waals surface area contributed by atoms with Crippen LogP contribution in [-0.2, 0) is 6.42 Å². The molecule has 4 nitrogen and oxygen atoms in total. The summed E-state index contributed by atoms with van der Waals surface area (Å²) in [5.74, 6) is 0.700. The van der Waals surface area contributed by atoms with Crippen LogP contribution in [0.15, 0.2) is 43.0 Å². The molecule has 0 amide bonds. The van der Waals surface area contributed by atoms with Crippen molar-refractivity contribution in [2.75, 3.05) is 32.7 Å². The fourth-order valence-corrected chi connectivity index (χ4v) is 5.14. The molecule has 2 aliphatic heterocycles. The standard InChI is InChI=1S/C28H39FN4/c1-22(33-17-5-4-6-18-33)24-8-10-25(11-9-24)27-14-13-26(30-31-27)12-7-23-15-19-32(20-16-23)21-28(2,3)29/h8-11,13-14,23H,1,4-7,12,15-21H2,2-3H3. The van der Waals surface area contributed by atoms with Crippen LogP contribution in [0.2, 0.25) is 0 Å². The number of nitrogens with zero attached hydrogens (tertiary/aromatic N) is 4. The molecule has 0 aliphatic carbocycles. The maximum Gasteiger partial charge on any atom is 0.118 e. The van der Waals surface area contributed by atoms with Crippen LogP contribution in [0.5, 0.6) is 0 Å². The van der Waals surface area contributed by atoms with Gasteiger partial charge in [0.1, 0.15) is 5.67 Å². The molecule has 0 unspecified atom stereocenters. The molecule has 2 aromatic rings. The summed E-state index contributed by atoms with van der Waals surface area (Å²) in [5, 5.41) is 8.99. The van der Waals surface area contributed by atoms with Crippen LogP contribution in [0, 0.1) is 5.92 Å². The predicted molar refractivity (Wildman–Crippen MR) is 135 cm³/mol. The molecule has 1 aromatic heterocycles. The summed E-state index contributed by atoms with van der Waals surface area (Å²) in [6, 6.07) is 12.8. The maximum absolute atomic E-state index is 13.9. The number of halogens is 1. The summed E-state index contributed by atoms with van der Waals surface area (Å²) < 4.78 is 13.9. The van der Waals surface area contributed by atoms with Crippen LogP contribution in [0.25, 0.3) is 17.0 Å². The normalized spacial score (nSPS) is 18.5. The summed E-state index contributed by atoms with van der Waals surface area (Å²) in [6.45, 7) is 12.4. The van der Waals surface area contributed by atoms with Crippen LogP contribution in [-0.4, -0.2) is 58.4 Å². The number of aromatic nitrogens is 2. The summed E-state index contributed by atoms with van der Waals surface area (Å²) in [5.41, 5.74) is 4.27. The predicted octanol–water partition coefficient (Wildman–Crippen LogP) is 5.99. The molecule has 178 valence electrons. The molecule has 0 radical (unpaired) electrons. The van der Waals surface area contributed by atoms with Crippen LogP contribution in [0.3, 0.4) is 0 Å². The van der Waals surface area contributed by atoms with E-state index in [1.807, 2.05) is 0 Å². The summed E-state index contributed by atoms with van der Waals surface area (Å²) in [6.07, 6.45) is 8.24. The van der Waals surface area contributed by atoms with Gasteiger partial charge in [0, 0.05) is 30.9 Å². The summed E-state index contributed by atoms with van der Waals surface area (Å²) in [4.78, 5) is 4.66. The smallest absolute Gasteiger partial charge is 0.118 e. The third-order valence-electron chi connectivity index (χ3n) is 7.09. The zero-order chi connectivity index (χ0) is 23.3. The van der Waals surface area contributed by atoms with Crippen LogP contribution in [0.1, 0.15) is 63.6 Å². The van der Waals surface area contributed by atoms with E-state index in [1.165, 1.54) is 24.8 Å². The molecule has 33 heavy (non-hydrogen) atoms. The second-order valence-electron chi connectivity index (χ2n) is 10.5. The first-order valence-corrected chi connectivity index (χ1v) is 12.7. The van der Waals surface area contributed by atoms with Gasteiger partial charge in [-0.2, -0.15) is 10.2 Å². The van der Waals surface area contributed by atoms with E-state index in [2.05, 4.69) is 63.0 Å². The summed E-state index contributed by atoms with van der Waals surface area (Å²) >= 11 is 0. The first kappa shape index (κ1) is 23.9. The molecule has 0 atom stereocenters. The van der Waals surface area contributed by atoms with E-state index in [9.17, 15) is 4.39 Å². The van der Waals surface area contributed by atoms with Gasteiger partial charge in [0.25, 0.3) is 0 Å². The molecule has 0 N–H and O–H groups in total. The number of piperidine rings is 2. The van der Waals surface area contributed by atoms with E-state index in [1.54, 1.807) is 13.8 Å². The van der Waals surface area contributed by atoms with Crippen molar-refractivity contribution in [3.8, 4) is 11.3 Å². The van der Waals surface area contributed by atoms with Crippen molar-refractivity contribution >= 4 is 5.70 Å². The van der Waals surface area contributed by atoms with Crippen molar-refractivity contribution in [1.82, 2.24) is 20.0 Å².